The van der Waals surface area contributed by atoms with Crippen molar-refractivity contribution >= 4 is 12.4 Å². The molecule has 5 heteroatoms. The highest BCUT2D eigenvalue weighted by Gasteiger charge is 2.53. The maximum absolute atomic E-state index is 3.80. The van der Waals surface area contributed by atoms with Gasteiger partial charge in [0.15, 0.2) is 0 Å². The molecule has 1 saturated heterocycles. The highest BCUT2D eigenvalue weighted by atomic mass is 35.5. The first kappa shape index (κ1) is 8.01. The van der Waals surface area contributed by atoms with Crippen LogP contribution in [0.1, 0.15) is 6.04 Å². The third kappa shape index (κ3) is 0.949. The normalized spacial score (nSPS) is 37.2. The second kappa shape index (κ2) is 2.71. The molecule has 1 aliphatic heterocycles. The van der Waals surface area contributed by atoms with Gasteiger partial charge in [0, 0.05) is 19.1 Å². The zero-order valence-electron chi connectivity index (χ0n) is 6.55. The summed E-state index contributed by atoms with van der Waals surface area (Å²) >= 11 is 0. The van der Waals surface area contributed by atoms with Gasteiger partial charge in [-0.3, -0.25) is 0 Å². The molecule has 2 unspecified atom stereocenters. The number of aromatic nitrogens is 3. The topological polar surface area (TPSA) is 42.7 Å². The molecule has 0 bridgehead atoms. The molecule has 4 nitrogen and oxygen atoms in total. The van der Waals surface area contributed by atoms with Gasteiger partial charge in [0.25, 0.3) is 0 Å². The molecule has 12 heavy (non-hydrogen) atoms. The summed E-state index contributed by atoms with van der Waals surface area (Å²) in [6.45, 7) is 2.35. The van der Waals surface area contributed by atoms with Crippen LogP contribution in [0, 0.1) is 11.8 Å². The van der Waals surface area contributed by atoms with E-state index in [2.05, 4.69) is 20.1 Å². The average molecular weight is 187 g/mol. The molecule has 0 aromatic carbocycles. The molecular formula is C7H11ClN4. The number of fused-ring (bicyclic) bond motifs is 1. The van der Waals surface area contributed by atoms with E-state index in [0.29, 0.717) is 6.04 Å². The van der Waals surface area contributed by atoms with Crippen molar-refractivity contribution in [2.75, 3.05) is 13.1 Å². The van der Waals surface area contributed by atoms with Crippen LogP contribution < -0.4 is 5.32 Å². The summed E-state index contributed by atoms with van der Waals surface area (Å²) in [6, 6.07) is 0.700. The Morgan fingerprint density at radius 3 is 2.33 bits per heavy atom. The number of nitrogens with zero attached hydrogens (tertiary/aromatic N) is 3. The van der Waals surface area contributed by atoms with Crippen molar-refractivity contribution in [3.63, 3.8) is 0 Å². The molecule has 2 aliphatic rings. The number of nitrogens with one attached hydrogen (secondary N) is 1. The number of rotatable bonds is 1. The molecule has 1 aromatic rings. The molecule has 0 spiro atoms. The summed E-state index contributed by atoms with van der Waals surface area (Å²) in [7, 11) is 0. The minimum Gasteiger partial charge on any atom is -0.316 e. The first-order chi connectivity index (χ1) is 5.47. The Labute approximate surface area is 76.8 Å². The summed E-state index contributed by atoms with van der Waals surface area (Å²) < 4.78 is 2.14. The molecule has 1 aromatic heterocycles. The average Bonchev–Trinajstić information content (AvgIpc) is 2.57. The third-order valence-electron chi connectivity index (χ3n) is 2.83. The number of piperidine rings is 1. The smallest absolute Gasteiger partial charge is 0.119 e. The Hall–Kier alpha value is -0.610. The molecule has 66 valence electrons. The van der Waals surface area contributed by atoms with Crippen LogP contribution in [0.5, 0.6) is 0 Å². The summed E-state index contributed by atoms with van der Waals surface area (Å²) in [4.78, 5) is 0. The Balaban J connectivity index is 0.000000563. The molecule has 2 atom stereocenters. The van der Waals surface area contributed by atoms with E-state index in [1.54, 1.807) is 0 Å². The van der Waals surface area contributed by atoms with E-state index in [0.717, 1.165) is 11.8 Å². The van der Waals surface area contributed by atoms with Gasteiger partial charge in [-0.15, -0.1) is 22.6 Å². The lowest BCUT2D eigenvalue weighted by Crippen LogP contribution is -2.15. The Bertz CT molecular complexity index is 250. The number of halogens is 1. The van der Waals surface area contributed by atoms with Gasteiger partial charge in [-0.05, 0) is 11.8 Å². The fraction of sp³-hybridized carbons (Fsp3) is 0.714. The van der Waals surface area contributed by atoms with Crippen molar-refractivity contribution in [3.8, 4) is 0 Å². The predicted octanol–water partition coefficient (Wildman–Crippen LogP) is 0.0902. The van der Waals surface area contributed by atoms with Gasteiger partial charge in [0.05, 0.1) is 0 Å². The van der Waals surface area contributed by atoms with Crippen LogP contribution in [0.4, 0.5) is 0 Å². The second-order valence-electron chi connectivity index (χ2n) is 3.39. The fourth-order valence-corrected chi connectivity index (χ4v) is 2.19. The zero-order valence-corrected chi connectivity index (χ0v) is 7.37. The van der Waals surface area contributed by atoms with Crippen molar-refractivity contribution in [2.45, 2.75) is 6.04 Å². The summed E-state index contributed by atoms with van der Waals surface area (Å²) in [5, 5.41) is 11.0. The molecule has 3 rings (SSSR count). The number of hydrogen-bond acceptors (Lipinski definition) is 3. The molecule has 1 N–H and O–H groups in total. The van der Waals surface area contributed by atoms with Crippen molar-refractivity contribution in [2.24, 2.45) is 11.8 Å². The van der Waals surface area contributed by atoms with E-state index in [-0.39, 0.29) is 12.4 Å². The maximum atomic E-state index is 3.80. The SMILES string of the molecule is Cl.c1nncn1C1C2CNCC21. The quantitative estimate of drug-likeness (QED) is 0.676. The minimum absolute atomic E-state index is 0. The van der Waals surface area contributed by atoms with Crippen LogP contribution in [0.3, 0.4) is 0 Å². The lowest BCUT2D eigenvalue weighted by molar-refractivity contribution is 0.568. The van der Waals surface area contributed by atoms with Crippen LogP contribution in [0.15, 0.2) is 12.7 Å². The first-order valence-corrected chi connectivity index (χ1v) is 4.01. The van der Waals surface area contributed by atoms with E-state index in [4.69, 9.17) is 0 Å². The molecule has 2 heterocycles. The van der Waals surface area contributed by atoms with Gasteiger partial charge in [0.1, 0.15) is 12.7 Å². The first-order valence-electron chi connectivity index (χ1n) is 4.01. The lowest BCUT2D eigenvalue weighted by Gasteiger charge is -2.02. The molecule has 1 saturated carbocycles. The van der Waals surface area contributed by atoms with Crippen molar-refractivity contribution in [3.05, 3.63) is 12.7 Å². The van der Waals surface area contributed by atoms with Crippen molar-refractivity contribution in [1.29, 1.82) is 0 Å². The van der Waals surface area contributed by atoms with Crippen LogP contribution in [0.2, 0.25) is 0 Å². The second-order valence-corrected chi connectivity index (χ2v) is 3.39. The lowest BCUT2D eigenvalue weighted by atomic mass is 10.4. The van der Waals surface area contributed by atoms with Crippen molar-refractivity contribution in [1.82, 2.24) is 20.1 Å². The fourth-order valence-electron chi connectivity index (χ4n) is 2.19. The molecule has 2 fully saturated rings. The number of hydrogen-bond donors (Lipinski definition) is 1. The highest BCUT2D eigenvalue weighted by molar-refractivity contribution is 5.85. The van der Waals surface area contributed by atoms with Gasteiger partial charge >= 0.3 is 0 Å². The molecular weight excluding hydrogens is 176 g/mol. The summed E-state index contributed by atoms with van der Waals surface area (Å²) in [5.74, 6) is 1.71. The minimum atomic E-state index is 0. The van der Waals surface area contributed by atoms with Gasteiger partial charge < -0.3 is 9.88 Å². The largest absolute Gasteiger partial charge is 0.316 e. The van der Waals surface area contributed by atoms with E-state index in [1.165, 1.54) is 13.1 Å². The van der Waals surface area contributed by atoms with Crippen LogP contribution >= 0.6 is 12.4 Å². The van der Waals surface area contributed by atoms with E-state index in [9.17, 15) is 0 Å². The van der Waals surface area contributed by atoms with Gasteiger partial charge in [-0.25, -0.2) is 0 Å². The van der Waals surface area contributed by atoms with Gasteiger partial charge in [-0.1, -0.05) is 0 Å². The highest BCUT2D eigenvalue weighted by Crippen LogP contribution is 2.52. The molecule has 0 radical (unpaired) electrons. The standard InChI is InChI=1S/C7H10N4.ClH/c1-5-6(2-8-1)7(5)11-3-9-10-4-11;/h3-8H,1-2H2;1H. The molecule has 0 amide bonds. The third-order valence-corrected chi connectivity index (χ3v) is 2.83. The van der Waals surface area contributed by atoms with Gasteiger partial charge in [0.2, 0.25) is 0 Å². The maximum Gasteiger partial charge on any atom is 0.119 e. The Morgan fingerprint density at radius 2 is 1.75 bits per heavy atom. The molecule has 1 aliphatic carbocycles. The van der Waals surface area contributed by atoms with Crippen LogP contribution in [0.25, 0.3) is 0 Å². The van der Waals surface area contributed by atoms with Crippen molar-refractivity contribution < 1.29 is 0 Å². The summed E-state index contributed by atoms with van der Waals surface area (Å²) in [6.07, 6.45) is 3.64. The Morgan fingerprint density at radius 1 is 1.17 bits per heavy atom. The van der Waals surface area contributed by atoms with Crippen LogP contribution in [-0.2, 0) is 0 Å². The zero-order chi connectivity index (χ0) is 7.26. The van der Waals surface area contributed by atoms with E-state index >= 15 is 0 Å². The monoisotopic (exact) mass is 186 g/mol. The van der Waals surface area contributed by atoms with E-state index < -0.39 is 0 Å². The van der Waals surface area contributed by atoms with E-state index in [1.807, 2.05) is 12.7 Å². The van der Waals surface area contributed by atoms with Crippen LogP contribution in [-0.4, -0.2) is 27.9 Å². The Kier molecular flexibility index (Phi) is 1.81. The van der Waals surface area contributed by atoms with Gasteiger partial charge in [-0.2, -0.15) is 0 Å². The predicted molar refractivity (Wildman–Crippen MR) is 46.2 cm³/mol. The summed E-state index contributed by atoms with van der Waals surface area (Å²) in [5.41, 5.74) is 0.